The number of halogens is 2. The Hall–Kier alpha value is -0.770. The van der Waals surface area contributed by atoms with E-state index in [4.69, 9.17) is 27.6 Å². The van der Waals surface area contributed by atoms with E-state index in [1.165, 1.54) is 11.3 Å². The first-order valence-corrected chi connectivity index (χ1v) is 5.75. The number of rotatable bonds is 3. The minimum Gasteiger partial charge on any atom is -0.442 e. The van der Waals surface area contributed by atoms with E-state index < -0.39 is 0 Å². The van der Waals surface area contributed by atoms with Crippen LogP contribution in [0.1, 0.15) is 15.4 Å². The van der Waals surface area contributed by atoms with E-state index in [9.17, 15) is 4.79 Å². The Labute approximate surface area is 100 Å². The molecule has 0 aliphatic rings. The van der Waals surface area contributed by atoms with Gasteiger partial charge in [-0.15, -0.1) is 11.3 Å². The Kier molecular flexibility index (Phi) is 3.14. The lowest BCUT2D eigenvalue weighted by atomic mass is 10.2. The van der Waals surface area contributed by atoms with Crippen molar-refractivity contribution in [3.63, 3.8) is 0 Å². The number of Topliss-reactive ketones (excluding diaryl/α,β-unsaturated/α-hetero) is 1. The van der Waals surface area contributed by atoms with Crippen molar-refractivity contribution in [3.8, 4) is 0 Å². The zero-order chi connectivity index (χ0) is 10.8. The molecule has 15 heavy (non-hydrogen) atoms. The van der Waals surface area contributed by atoms with E-state index in [-0.39, 0.29) is 16.8 Å². The third-order valence-corrected chi connectivity index (χ3v) is 3.25. The smallest absolute Gasteiger partial charge is 0.203 e. The van der Waals surface area contributed by atoms with Crippen LogP contribution in [0, 0.1) is 0 Å². The van der Waals surface area contributed by atoms with Crippen LogP contribution in [0.15, 0.2) is 28.7 Å². The summed E-state index contributed by atoms with van der Waals surface area (Å²) in [6, 6.07) is 6.72. The highest BCUT2D eigenvalue weighted by molar-refractivity contribution is 7.16. The molecule has 0 spiro atoms. The van der Waals surface area contributed by atoms with Gasteiger partial charge in [0.2, 0.25) is 5.78 Å². The van der Waals surface area contributed by atoms with Gasteiger partial charge in [-0.3, -0.25) is 4.79 Å². The highest BCUT2D eigenvalue weighted by Gasteiger charge is 2.12. The highest BCUT2D eigenvalue weighted by Crippen LogP contribution is 2.23. The predicted molar refractivity (Wildman–Crippen MR) is 61.1 cm³/mol. The fraction of sp³-hybridized carbons (Fsp3) is 0.100. The number of hydrogen-bond donors (Lipinski definition) is 0. The molecule has 0 saturated carbocycles. The molecule has 0 atom stereocenters. The van der Waals surface area contributed by atoms with Gasteiger partial charge in [-0.25, -0.2) is 0 Å². The fourth-order valence-corrected chi connectivity index (χ4v) is 2.39. The van der Waals surface area contributed by atoms with Crippen LogP contribution < -0.4 is 0 Å². The molecule has 2 aromatic heterocycles. The maximum Gasteiger partial charge on any atom is 0.203 e. The van der Waals surface area contributed by atoms with Gasteiger partial charge in [0.1, 0.15) is 0 Å². The first-order chi connectivity index (χ1) is 7.15. The fourth-order valence-electron chi connectivity index (χ4n) is 1.16. The summed E-state index contributed by atoms with van der Waals surface area (Å²) in [6.45, 7) is 0. The van der Waals surface area contributed by atoms with Gasteiger partial charge in [0.15, 0.2) is 11.0 Å². The lowest BCUT2D eigenvalue weighted by Crippen LogP contribution is -1.99. The minimum atomic E-state index is -0.0968. The molecule has 0 radical (unpaired) electrons. The number of furan rings is 1. The third-order valence-electron chi connectivity index (χ3n) is 1.81. The van der Waals surface area contributed by atoms with Crippen LogP contribution in [-0.2, 0) is 6.42 Å². The van der Waals surface area contributed by atoms with E-state index in [1.54, 1.807) is 18.2 Å². The molecule has 2 heterocycles. The number of carbonyl (C=O) groups excluding carboxylic acids is 1. The molecule has 78 valence electrons. The number of hydrogen-bond acceptors (Lipinski definition) is 3. The standard InChI is InChI=1S/C10H6Cl2O2S/c11-9-3-2-8(14-9)7(13)5-6-1-4-10(12)15-6/h1-4H,5H2. The Morgan fingerprint density at radius 1 is 1.27 bits per heavy atom. The molecule has 2 nitrogen and oxygen atoms in total. The first-order valence-electron chi connectivity index (χ1n) is 4.18. The van der Waals surface area contributed by atoms with Crippen molar-refractivity contribution >= 4 is 40.3 Å². The normalized spacial score (nSPS) is 10.5. The van der Waals surface area contributed by atoms with Gasteiger partial charge < -0.3 is 4.42 Å². The maximum absolute atomic E-state index is 11.6. The molecule has 5 heteroatoms. The quantitative estimate of drug-likeness (QED) is 0.779. The molecule has 0 bridgehead atoms. The van der Waals surface area contributed by atoms with Gasteiger partial charge in [0, 0.05) is 11.3 Å². The van der Waals surface area contributed by atoms with Crippen LogP contribution >= 0.6 is 34.5 Å². The molecule has 0 amide bonds. The summed E-state index contributed by atoms with van der Waals surface area (Å²) in [5.41, 5.74) is 0. The molecule has 0 aliphatic heterocycles. The van der Waals surface area contributed by atoms with E-state index in [1.807, 2.05) is 6.07 Å². The summed E-state index contributed by atoms with van der Waals surface area (Å²) in [7, 11) is 0. The molecule has 0 aliphatic carbocycles. The minimum absolute atomic E-state index is 0.0968. The van der Waals surface area contributed by atoms with Gasteiger partial charge in [-0.2, -0.15) is 0 Å². The number of carbonyl (C=O) groups is 1. The van der Waals surface area contributed by atoms with Crippen LogP contribution in [0.3, 0.4) is 0 Å². The van der Waals surface area contributed by atoms with Crippen molar-refractivity contribution in [2.75, 3.05) is 0 Å². The topological polar surface area (TPSA) is 30.2 Å². The lowest BCUT2D eigenvalue weighted by molar-refractivity contribution is 0.0967. The van der Waals surface area contributed by atoms with E-state index in [2.05, 4.69) is 0 Å². The molecule has 2 rings (SSSR count). The van der Waals surface area contributed by atoms with Gasteiger partial charge in [0.05, 0.1) is 4.34 Å². The lowest BCUT2D eigenvalue weighted by Gasteiger charge is -1.93. The summed E-state index contributed by atoms with van der Waals surface area (Å²) in [5, 5.41) is 0.225. The summed E-state index contributed by atoms with van der Waals surface area (Å²) in [4.78, 5) is 12.6. The second-order valence-electron chi connectivity index (χ2n) is 2.91. The summed E-state index contributed by atoms with van der Waals surface area (Å²) in [6.07, 6.45) is 0.293. The van der Waals surface area contributed by atoms with Gasteiger partial charge in [0.25, 0.3) is 0 Å². The van der Waals surface area contributed by atoms with Crippen molar-refractivity contribution in [2.45, 2.75) is 6.42 Å². The molecule has 0 N–H and O–H groups in total. The van der Waals surface area contributed by atoms with Gasteiger partial charge in [-0.05, 0) is 35.9 Å². The summed E-state index contributed by atoms with van der Waals surface area (Å²) < 4.78 is 5.69. The molecule has 2 aromatic rings. The van der Waals surface area contributed by atoms with E-state index in [0.29, 0.717) is 10.8 Å². The molecular weight excluding hydrogens is 255 g/mol. The van der Waals surface area contributed by atoms with Crippen molar-refractivity contribution in [1.82, 2.24) is 0 Å². The van der Waals surface area contributed by atoms with Gasteiger partial charge in [-0.1, -0.05) is 11.6 Å². The van der Waals surface area contributed by atoms with Crippen molar-refractivity contribution in [3.05, 3.63) is 44.5 Å². The molecule has 0 aromatic carbocycles. The van der Waals surface area contributed by atoms with Crippen LogP contribution in [-0.4, -0.2) is 5.78 Å². The van der Waals surface area contributed by atoms with E-state index >= 15 is 0 Å². The Morgan fingerprint density at radius 3 is 2.60 bits per heavy atom. The highest BCUT2D eigenvalue weighted by atomic mass is 35.5. The average Bonchev–Trinajstić information content (AvgIpc) is 2.75. The Balaban J connectivity index is 2.10. The van der Waals surface area contributed by atoms with E-state index in [0.717, 1.165) is 4.88 Å². The van der Waals surface area contributed by atoms with Crippen molar-refractivity contribution < 1.29 is 9.21 Å². The van der Waals surface area contributed by atoms with Gasteiger partial charge >= 0.3 is 0 Å². The SMILES string of the molecule is O=C(Cc1ccc(Cl)s1)c1ccc(Cl)o1. The number of thiophene rings is 1. The zero-order valence-corrected chi connectivity index (χ0v) is 9.83. The molecule has 0 fully saturated rings. The zero-order valence-electron chi connectivity index (χ0n) is 7.50. The monoisotopic (exact) mass is 260 g/mol. The van der Waals surface area contributed by atoms with Crippen molar-refractivity contribution in [2.24, 2.45) is 0 Å². The second kappa shape index (κ2) is 4.39. The summed E-state index contributed by atoms with van der Waals surface area (Å²) in [5.74, 6) is 0.185. The molecular formula is C10H6Cl2O2S. The van der Waals surface area contributed by atoms with Crippen LogP contribution in [0.25, 0.3) is 0 Å². The Morgan fingerprint density at radius 2 is 2.07 bits per heavy atom. The molecule has 0 saturated heterocycles. The number of ketones is 1. The average molecular weight is 261 g/mol. The second-order valence-corrected chi connectivity index (χ2v) is 5.08. The largest absolute Gasteiger partial charge is 0.442 e. The maximum atomic E-state index is 11.6. The van der Waals surface area contributed by atoms with Crippen LogP contribution in [0.2, 0.25) is 9.56 Å². The summed E-state index contributed by atoms with van der Waals surface area (Å²) >= 11 is 12.7. The van der Waals surface area contributed by atoms with Crippen LogP contribution in [0.5, 0.6) is 0 Å². The van der Waals surface area contributed by atoms with Crippen molar-refractivity contribution in [1.29, 1.82) is 0 Å². The van der Waals surface area contributed by atoms with Crippen LogP contribution in [0.4, 0.5) is 0 Å². The third kappa shape index (κ3) is 2.62. The predicted octanol–water partition coefficient (Wildman–Crippen LogP) is 4.07. The first kappa shape index (κ1) is 10.7. The molecule has 0 unspecified atom stereocenters. The Bertz CT molecular complexity index is 487.